The zero-order chi connectivity index (χ0) is 25.5. The van der Waals surface area contributed by atoms with Gasteiger partial charge in [0.15, 0.2) is 0 Å². The maximum absolute atomic E-state index is 14.1. The van der Waals surface area contributed by atoms with Gasteiger partial charge in [0.05, 0.1) is 13.2 Å². The maximum atomic E-state index is 14.1. The van der Waals surface area contributed by atoms with E-state index in [1.54, 1.807) is 6.07 Å². The van der Waals surface area contributed by atoms with Gasteiger partial charge >= 0.3 is 13.7 Å². The Kier molecular flexibility index (Phi) is 9.80. The van der Waals surface area contributed by atoms with Crippen LogP contribution in [0, 0.1) is 29.1 Å². The number of hydrogen-bond donors (Lipinski definition) is 1. The fraction of sp³-hybridized carbons (Fsp3) is 0.350. The SMILES string of the molecule is COCC(COC)OC(=O)C(C)NP(=O)(Oc1ccccc1)Oc1c(F)c(F)c(F)c(F)c1F. The van der Waals surface area contributed by atoms with Gasteiger partial charge in [0, 0.05) is 14.2 Å². The Balaban J connectivity index is 2.37. The van der Waals surface area contributed by atoms with Crippen molar-refractivity contribution in [3.05, 3.63) is 59.4 Å². The van der Waals surface area contributed by atoms with Gasteiger partial charge < -0.3 is 23.3 Å². The molecule has 0 heterocycles. The number of benzene rings is 2. The molecule has 0 aliphatic carbocycles. The summed E-state index contributed by atoms with van der Waals surface area (Å²) in [7, 11) is -2.31. The van der Waals surface area contributed by atoms with Crippen LogP contribution in [0.25, 0.3) is 0 Å². The molecule has 188 valence electrons. The molecule has 1 N–H and O–H groups in total. The Hall–Kier alpha value is -2.73. The molecule has 0 aliphatic rings. The quantitative estimate of drug-likeness (QED) is 0.149. The molecule has 0 saturated carbocycles. The van der Waals surface area contributed by atoms with Gasteiger partial charge in [-0.05, 0) is 19.1 Å². The minimum Gasteiger partial charge on any atom is -0.456 e. The summed E-state index contributed by atoms with van der Waals surface area (Å²) < 4.78 is 107. The molecule has 0 saturated heterocycles. The van der Waals surface area contributed by atoms with Crippen LogP contribution in [-0.2, 0) is 23.6 Å². The van der Waals surface area contributed by atoms with E-state index in [4.69, 9.17) is 18.7 Å². The molecule has 0 aliphatic heterocycles. The predicted molar refractivity (Wildman–Crippen MR) is 108 cm³/mol. The minimum absolute atomic E-state index is 0.0501. The zero-order valence-electron chi connectivity index (χ0n) is 18.2. The molecule has 2 atom stereocenters. The van der Waals surface area contributed by atoms with Crippen LogP contribution < -0.4 is 14.1 Å². The van der Waals surface area contributed by atoms with Crippen molar-refractivity contribution in [2.75, 3.05) is 27.4 Å². The fourth-order valence-electron chi connectivity index (χ4n) is 2.52. The van der Waals surface area contributed by atoms with E-state index in [1.165, 1.54) is 38.5 Å². The second kappa shape index (κ2) is 12.1. The van der Waals surface area contributed by atoms with E-state index in [-0.39, 0.29) is 19.0 Å². The summed E-state index contributed by atoms with van der Waals surface area (Å²) >= 11 is 0. The third kappa shape index (κ3) is 6.89. The topological polar surface area (TPSA) is 92.3 Å². The average Bonchev–Trinajstić information content (AvgIpc) is 2.80. The Morgan fingerprint density at radius 3 is 1.88 bits per heavy atom. The number of ether oxygens (including phenoxy) is 3. The molecule has 0 fully saturated rings. The van der Waals surface area contributed by atoms with Crippen molar-refractivity contribution in [1.29, 1.82) is 0 Å². The van der Waals surface area contributed by atoms with Crippen LogP contribution in [0.3, 0.4) is 0 Å². The molecule has 2 aromatic carbocycles. The van der Waals surface area contributed by atoms with E-state index in [1.807, 2.05) is 0 Å². The number of methoxy groups -OCH3 is 2. The molecule has 2 aromatic rings. The molecule has 0 amide bonds. The van der Waals surface area contributed by atoms with E-state index >= 15 is 0 Å². The largest absolute Gasteiger partial charge is 0.513 e. The van der Waals surface area contributed by atoms with Crippen molar-refractivity contribution in [2.45, 2.75) is 19.1 Å². The molecule has 0 spiro atoms. The molecule has 8 nitrogen and oxygen atoms in total. The summed E-state index contributed by atoms with van der Waals surface area (Å²) in [5, 5.41) is 2.07. The highest BCUT2D eigenvalue weighted by atomic mass is 31.2. The number of carbonyl (C=O) groups excluding carboxylic acids is 1. The molecule has 14 heteroatoms. The Bertz CT molecular complexity index is 1010. The van der Waals surface area contributed by atoms with Crippen molar-refractivity contribution in [2.24, 2.45) is 0 Å². The van der Waals surface area contributed by atoms with Gasteiger partial charge in [-0.2, -0.15) is 13.9 Å². The first kappa shape index (κ1) is 27.5. The predicted octanol–water partition coefficient (Wildman–Crippen LogP) is 4.13. The average molecular weight is 513 g/mol. The first-order chi connectivity index (χ1) is 16.0. The summed E-state index contributed by atoms with van der Waals surface area (Å²) in [6, 6.07) is 5.47. The minimum atomic E-state index is -5.01. The molecule has 0 bridgehead atoms. The van der Waals surface area contributed by atoms with Gasteiger partial charge in [-0.3, -0.25) is 4.79 Å². The Labute approximate surface area is 191 Å². The zero-order valence-corrected chi connectivity index (χ0v) is 19.0. The lowest BCUT2D eigenvalue weighted by molar-refractivity contribution is -0.156. The lowest BCUT2D eigenvalue weighted by Crippen LogP contribution is -2.39. The monoisotopic (exact) mass is 513 g/mol. The van der Waals surface area contributed by atoms with Crippen molar-refractivity contribution in [3.63, 3.8) is 0 Å². The summed E-state index contributed by atoms with van der Waals surface area (Å²) in [6.45, 7) is 1.04. The van der Waals surface area contributed by atoms with Crippen LogP contribution >= 0.6 is 7.75 Å². The Morgan fingerprint density at radius 1 is 0.882 bits per heavy atom. The number of rotatable bonds is 12. The van der Waals surface area contributed by atoms with Gasteiger partial charge in [-0.15, -0.1) is 0 Å². The molecule has 0 aromatic heterocycles. The molecular formula is C20H21F5NO7P. The van der Waals surface area contributed by atoms with Crippen molar-refractivity contribution >= 4 is 13.7 Å². The summed E-state index contributed by atoms with van der Waals surface area (Å²) in [5.41, 5.74) is 0. The highest BCUT2D eigenvalue weighted by molar-refractivity contribution is 7.52. The van der Waals surface area contributed by atoms with E-state index in [2.05, 4.69) is 9.61 Å². The molecule has 34 heavy (non-hydrogen) atoms. The number of nitrogens with one attached hydrogen (secondary N) is 1. The Morgan fingerprint density at radius 2 is 1.38 bits per heavy atom. The first-order valence-corrected chi connectivity index (χ1v) is 11.1. The first-order valence-electron chi connectivity index (χ1n) is 9.54. The third-order valence-corrected chi connectivity index (χ3v) is 5.62. The van der Waals surface area contributed by atoms with Crippen LogP contribution in [-0.4, -0.2) is 45.5 Å². The van der Waals surface area contributed by atoms with Gasteiger partial charge in [-0.25, -0.2) is 17.7 Å². The van der Waals surface area contributed by atoms with Crippen LogP contribution in [0.4, 0.5) is 22.0 Å². The number of esters is 1. The van der Waals surface area contributed by atoms with Crippen molar-refractivity contribution in [1.82, 2.24) is 5.09 Å². The number of carbonyl (C=O) groups is 1. The lowest BCUT2D eigenvalue weighted by Gasteiger charge is -2.25. The van der Waals surface area contributed by atoms with Gasteiger partial charge in [0.25, 0.3) is 0 Å². The standard InChI is InChI=1S/C20H21F5NO7P/c1-11(20(27)31-13(9-29-2)10-30-3)26-34(28,32-12-7-5-4-6-8-12)33-19-17(24)15(22)14(21)16(23)18(19)25/h4-8,11,13H,9-10H2,1-3H3,(H,26,28). The molecule has 0 radical (unpaired) electrons. The van der Waals surface area contributed by atoms with Crippen molar-refractivity contribution < 1.29 is 54.6 Å². The van der Waals surface area contributed by atoms with Gasteiger partial charge in [0.2, 0.25) is 34.8 Å². The van der Waals surface area contributed by atoms with Crippen LogP contribution in [0.15, 0.2) is 30.3 Å². The summed E-state index contributed by atoms with van der Waals surface area (Å²) in [5.74, 6) is -14.9. The number of hydrogen-bond acceptors (Lipinski definition) is 7. The fourth-order valence-corrected chi connectivity index (χ4v) is 4.04. The maximum Gasteiger partial charge on any atom is 0.513 e. The third-order valence-electron chi connectivity index (χ3n) is 4.04. The van der Waals surface area contributed by atoms with Gasteiger partial charge in [0.1, 0.15) is 17.9 Å². The van der Waals surface area contributed by atoms with E-state index in [0.29, 0.717) is 0 Å². The van der Waals surface area contributed by atoms with Gasteiger partial charge in [-0.1, -0.05) is 18.2 Å². The summed E-state index contributed by atoms with van der Waals surface area (Å²) in [4.78, 5) is 12.4. The lowest BCUT2D eigenvalue weighted by atomic mass is 10.3. The molecule has 2 rings (SSSR count). The van der Waals surface area contributed by atoms with E-state index in [9.17, 15) is 31.3 Å². The second-order valence-electron chi connectivity index (χ2n) is 6.71. The molecule has 2 unspecified atom stereocenters. The highest BCUT2D eigenvalue weighted by Crippen LogP contribution is 2.47. The van der Waals surface area contributed by atoms with Crippen LogP contribution in [0.1, 0.15) is 6.92 Å². The second-order valence-corrected chi connectivity index (χ2v) is 8.33. The smallest absolute Gasteiger partial charge is 0.456 e. The number of halogens is 5. The van der Waals surface area contributed by atoms with E-state index < -0.39 is 60.7 Å². The number of para-hydroxylation sites is 1. The van der Waals surface area contributed by atoms with Crippen LogP contribution in [0.5, 0.6) is 11.5 Å². The van der Waals surface area contributed by atoms with Crippen molar-refractivity contribution in [3.8, 4) is 11.5 Å². The summed E-state index contributed by atoms with van der Waals surface area (Å²) in [6.07, 6.45) is -0.864. The van der Waals surface area contributed by atoms with Crippen LogP contribution in [0.2, 0.25) is 0 Å². The molecular weight excluding hydrogens is 492 g/mol. The highest BCUT2D eigenvalue weighted by Gasteiger charge is 2.38. The van der Waals surface area contributed by atoms with E-state index in [0.717, 1.165) is 6.92 Å². The normalized spacial score (nSPS) is 13.9.